The van der Waals surface area contributed by atoms with Crippen LogP contribution in [0.2, 0.25) is 0 Å². The third kappa shape index (κ3) is 5.01. The van der Waals surface area contributed by atoms with Gasteiger partial charge >= 0.3 is 59.1 Å². The molecule has 2 rings (SSSR count). The standard InChI is InChI=1S/C8H12N3O5P.2Na/c9-6-1-2-11(8(12)10-6)5-3-7(16-4-5)17(13,14)15;;/h1-2,5,7H,3-4H2,(H2,9,10,12)(H2,13,14,15);;/q;2*+1/p-2/t5-,7+;;/m1../s1. The zero-order valence-electron chi connectivity index (χ0n) is 10.6. The van der Waals surface area contributed by atoms with Crippen molar-refractivity contribution in [3.05, 3.63) is 17.8 Å². The number of hydrogen-bond acceptors (Lipinski definition) is 7. The van der Waals surface area contributed by atoms with E-state index in [0.29, 0.717) is 0 Å². The van der Waals surface area contributed by atoms with Crippen LogP contribution >= 0.6 is 7.94 Å². The van der Waals surface area contributed by atoms with Crippen LogP contribution < -0.4 is 79.5 Å². The Morgan fingerprint density at radius 3 is 2.58 bits per heavy atom. The van der Waals surface area contributed by atoms with Crippen molar-refractivity contribution in [2.24, 2.45) is 0 Å². The fourth-order valence-corrected chi connectivity index (χ4v) is 2.49. The molecule has 0 spiro atoms. The third-order valence-electron chi connectivity index (χ3n) is 2.54. The summed E-state index contributed by atoms with van der Waals surface area (Å²) in [6.07, 6.45) is 1.36. The molecule has 1 aliphatic rings. The van der Waals surface area contributed by atoms with Crippen LogP contribution in [0.3, 0.4) is 0 Å². The maximum absolute atomic E-state index is 11.5. The average Bonchev–Trinajstić information content (AvgIpc) is 2.65. The monoisotopic (exact) mass is 305 g/mol. The molecule has 1 fully saturated rings. The van der Waals surface area contributed by atoms with Gasteiger partial charge in [-0.25, -0.2) is 4.98 Å². The van der Waals surface area contributed by atoms with Crippen molar-refractivity contribution in [2.75, 3.05) is 6.61 Å². The summed E-state index contributed by atoms with van der Waals surface area (Å²) >= 11 is 0. The molecule has 2 heterocycles. The number of ether oxygens (including phenoxy) is 1. The zero-order valence-corrected chi connectivity index (χ0v) is 15.5. The quantitative estimate of drug-likeness (QED) is 0.411. The summed E-state index contributed by atoms with van der Waals surface area (Å²) in [7, 11) is -4.54. The van der Waals surface area contributed by atoms with Crippen molar-refractivity contribution in [3.8, 4) is 6.01 Å². The van der Waals surface area contributed by atoms with Crippen molar-refractivity contribution < 1.29 is 83.6 Å². The molecule has 0 aliphatic carbocycles. The molecule has 19 heavy (non-hydrogen) atoms. The van der Waals surface area contributed by atoms with E-state index < -0.39 is 25.8 Å². The molecule has 94 valence electrons. The smallest absolute Gasteiger partial charge is 0.846 e. The van der Waals surface area contributed by atoms with Crippen LogP contribution in [0.4, 0.5) is 0 Å². The van der Waals surface area contributed by atoms with Gasteiger partial charge in [0.1, 0.15) is 5.49 Å². The van der Waals surface area contributed by atoms with Crippen LogP contribution in [0.15, 0.2) is 12.3 Å². The van der Waals surface area contributed by atoms with Gasteiger partial charge in [0.25, 0.3) is 0 Å². The Morgan fingerprint density at radius 2 is 2.11 bits per heavy atom. The molecule has 2 atom stereocenters. The summed E-state index contributed by atoms with van der Waals surface area (Å²) < 4.78 is 6.11. The van der Waals surface area contributed by atoms with Gasteiger partial charge in [0.2, 0.25) is 0 Å². The summed E-state index contributed by atoms with van der Waals surface area (Å²) in [5.74, 6) is -1.28. The van der Waals surface area contributed by atoms with E-state index in [9.17, 15) is 14.9 Å². The molecule has 1 saturated heterocycles. The molecule has 0 saturated carbocycles. The first-order chi connectivity index (χ1) is 7.88. The van der Waals surface area contributed by atoms with Crippen LogP contribution in [0.1, 0.15) is 12.5 Å². The Bertz CT molecular complexity index is 480. The van der Waals surface area contributed by atoms with Gasteiger partial charge < -0.3 is 24.2 Å². The van der Waals surface area contributed by atoms with E-state index in [4.69, 9.17) is 15.0 Å². The maximum Gasteiger partial charge on any atom is 1.00 e. The van der Waals surface area contributed by atoms with Gasteiger partial charge in [-0.05, 0) is 6.07 Å². The average molecular weight is 305 g/mol. The SMILES string of the molecule is N=c1ccn([C@H]2CO[C@@H]([P+]([O-])([O-])O)C2)c([O-])n1.[Na+].[Na+]. The topological polar surface area (TPSA) is 140 Å². The second-order valence-electron chi connectivity index (χ2n) is 3.74. The van der Waals surface area contributed by atoms with Gasteiger partial charge in [-0.1, -0.05) is 0 Å². The van der Waals surface area contributed by atoms with E-state index >= 15 is 0 Å². The predicted octanol–water partition coefficient (Wildman–Crippen LogP) is -8.79. The van der Waals surface area contributed by atoms with E-state index in [0.717, 1.165) is 0 Å². The number of nitrogens with zero attached hydrogens (tertiary/aromatic N) is 2. The largest absolute Gasteiger partial charge is 1.00 e. The minimum absolute atomic E-state index is 0. The molecule has 8 nitrogen and oxygen atoms in total. The Balaban J connectivity index is 0.00000162. The molecule has 0 bridgehead atoms. The predicted molar refractivity (Wildman–Crippen MR) is 50.1 cm³/mol. The Morgan fingerprint density at radius 1 is 1.47 bits per heavy atom. The molecular weight excluding hydrogens is 295 g/mol. The Hall–Kier alpha value is 0.950. The fraction of sp³-hybridized carbons (Fsp3) is 0.500. The molecule has 11 heteroatoms. The van der Waals surface area contributed by atoms with Crippen molar-refractivity contribution in [3.63, 3.8) is 0 Å². The minimum Gasteiger partial charge on any atom is -0.846 e. The first-order valence-electron chi connectivity index (χ1n) is 4.84. The Labute approximate surface area is 154 Å². The number of rotatable bonds is 2. The van der Waals surface area contributed by atoms with Crippen LogP contribution in [-0.2, 0) is 4.74 Å². The van der Waals surface area contributed by atoms with Crippen molar-refractivity contribution in [1.29, 1.82) is 5.41 Å². The summed E-state index contributed by atoms with van der Waals surface area (Å²) in [5, 5.41) is 18.6. The molecule has 2 N–H and O–H groups in total. The van der Waals surface area contributed by atoms with Crippen LogP contribution in [0, 0.1) is 5.41 Å². The summed E-state index contributed by atoms with van der Waals surface area (Å²) in [5.41, 5.74) is -0.154. The van der Waals surface area contributed by atoms with Gasteiger partial charge in [-0.2, -0.15) is 0 Å². The first kappa shape index (κ1) is 19.9. The van der Waals surface area contributed by atoms with E-state index in [2.05, 4.69) is 4.98 Å². The molecule has 1 aromatic heterocycles. The summed E-state index contributed by atoms with van der Waals surface area (Å²) in [6.45, 7) is 0.0103. The van der Waals surface area contributed by atoms with E-state index in [-0.39, 0.29) is 77.6 Å². The second kappa shape index (κ2) is 7.82. The third-order valence-corrected chi connectivity index (χ3v) is 3.63. The van der Waals surface area contributed by atoms with Crippen LogP contribution in [-0.4, -0.2) is 26.9 Å². The molecule has 1 aliphatic heterocycles. The van der Waals surface area contributed by atoms with Gasteiger partial charge in [-0.15, -0.1) is 0 Å². The molecule has 0 aromatic carbocycles. The van der Waals surface area contributed by atoms with Gasteiger partial charge in [0.15, 0.2) is 5.85 Å². The van der Waals surface area contributed by atoms with Crippen molar-refractivity contribution >= 4 is 7.94 Å². The fourth-order valence-electron chi connectivity index (χ4n) is 1.70. The summed E-state index contributed by atoms with van der Waals surface area (Å²) in [4.78, 5) is 34.0. The zero-order chi connectivity index (χ0) is 12.6. The van der Waals surface area contributed by atoms with E-state index in [1.54, 1.807) is 0 Å². The van der Waals surface area contributed by atoms with Crippen LogP contribution in [0.25, 0.3) is 0 Å². The van der Waals surface area contributed by atoms with E-state index in [1.165, 1.54) is 16.8 Å². The minimum atomic E-state index is -4.54. The molecule has 1 aromatic rings. The number of aromatic nitrogens is 2. The molecule has 0 amide bonds. The maximum atomic E-state index is 11.5. The molecule has 0 unspecified atom stereocenters. The molecular formula is C8H10N3Na2O5P. The van der Waals surface area contributed by atoms with Crippen molar-refractivity contribution in [2.45, 2.75) is 18.3 Å². The van der Waals surface area contributed by atoms with Gasteiger partial charge in [-0.3, -0.25) is 10.3 Å². The van der Waals surface area contributed by atoms with Crippen LogP contribution in [0.5, 0.6) is 6.01 Å². The Kier molecular flexibility index (Phi) is 8.21. The second-order valence-corrected chi connectivity index (χ2v) is 5.45. The molecule has 0 radical (unpaired) electrons. The van der Waals surface area contributed by atoms with Gasteiger partial charge in [0, 0.05) is 12.6 Å². The normalized spacial score (nSPS) is 22.5. The van der Waals surface area contributed by atoms with Crippen molar-refractivity contribution in [1.82, 2.24) is 9.55 Å². The number of nitrogens with one attached hydrogen (secondary N) is 1. The number of hydrogen-bond donors (Lipinski definition) is 2. The first-order valence-corrected chi connectivity index (χ1v) is 6.48. The van der Waals surface area contributed by atoms with E-state index in [1.807, 2.05) is 0 Å². The summed E-state index contributed by atoms with van der Waals surface area (Å²) in [6, 6.07) is 0.199. The van der Waals surface area contributed by atoms with Gasteiger partial charge in [0.05, 0.1) is 26.6 Å².